The van der Waals surface area contributed by atoms with Gasteiger partial charge >= 0.3 is 0 Å². The normalized spacial score (nSPS) is 20.9. The van der Waals surface area contributed by atoms with Crippen molar-refractivity contribution in [1.82, 2.24) is 15.1 Å². The zero-order valence-corrected chi connectivity index (χ0v) is 15.4. The average Bonchev–Trinajstić information content (AvgIpc) is 2.98. The lowest BCUT2D eigenvalue weighted by atomic mass is 10.0. The van der Waals surface area contributed by atoms with Gasteiger partial charge in [-0.2, -0.15) is 0 Å². The Morgan fingerprint density at radius 1 is 1.52 bits per heavy atom. The Morgan fingerprint density at radius 2 is 2.30 bits per heavy atom. The van der Waals surface area contributed by atoms with Crippen LogP contribution in [0.3, 0.4) is 0 Å². The Hall–Kier alpha value is -0.950. The highest BCUT2D eigenvalue weighted by atomic mass is 32.1. The van der Waals surface area contributed by atoms with Gasteiger partial charge in [-0.3, -0.25) is 9.69 Å². The molecular weight excluding hydrogens is 310 g/mol. The molecule has 2 atom stereocenters. The molecule has 23 heavy (non-hydrogen) atoms. The van der Waals surface area contributed by atoms with Gasteiger partial charge < -0.3 is 15.0 Å². The van der Waals surface area contributed by atoms with Crippen molar-refractivity contribution >= 4 is 17.2 Å². The van der Waals surface area contributed by atoms with E-state index in [4.69, 9.17) is 4.74 Å². The van der Waals surface area contributed by atoms with Crippen molar-refractivity contribution in [2.24, 2.45) is 5.92 Å². The second kappa shape index (κ2) is 8.78. The maximum atomic E-state index is 12.5. The average molecular weight is 340 g/mol. The molecule has 0 saturated carbocycles. The third-order valence-electron chi connectivity index (χ3n) is 3.99. The third kappa shape index (κ3) is 5.88. The summed E-state index contributed by atoms with van der Waals surface area (Å²) in [6.45, 7) is 7.97. The van der Waals surface area contributed by atoms with Crippen LogP contribution in [0.2, 0.25) is 0 Å². The summed E-state index contributed by atoms with van der Waals surface area (Å²) in [6, 6.07) is 4.23. The zero-order valence-electron chi connectivity index (χ0n) is 14.6. The van der Waals surface area contributed by atoms with Crippen molar-refractivity contribution in [2.75, 3.05) is 46.9 Å². The summed E-state index contributed by atoms with van der Waals surface area (Å²) in [6.07, 6.45) is 0.185. The first-order chi connectivity index (χ1) is 11.0. The summed E-state index contributed by atoms with van der Waals surface area (Å²) >= 11 is 1.70. The summed E-state index contributed by atoms with van der Waals surface area (Å²) in [5, 5.41) is 5.26. The Morgan fingerprint density at radius 3 is 2.91 bits per heavy atom. The van der Waals surface area contributed by atoms with Gasteiger partial charge in [-0.15, -0.1) is 11.3 Å². The molecule has 1 N–H and O–H groups in total. The van der Waals surface area contributed by atoms with E-state index in [-0.39, 0.29) is 18.1 Å². The fourth-order valence-electron chi connectivity index (χ4n) is 2.90. The summed E-state index contributed by atoms with van der Waals surface area (Å²) in [4.78, 5) is 18.0. The summed E-state index contributed by atoms with van der Waals surface area (Å²) in [5.41, 5.74) is 0. The quantitative estimate of drug-likeness (QED) is 0.823. The largest absolute Gasteiger partial charge is 0.374 e. The molecule has 0 aromatic carbocycles. The van der Waals surface area contributed by atoms with E-state index in [2.05, 4.69) is 40.4 Å². The molecular formula is C17H29N3O2S. The first-order valence-electron chi connectivity index (χ1n) is 8.27. The highest BCUT2D eigenvalue weighted by Crippen LogP contribution is 2.25. The zero-order chi connectivity index (χ0) is 16.8. The van der Waals surface area contributed by atoms with E-state index < -0.39 is 0 Å². The molecule has 1 aliphatic heterocycles. The molecule has 1 aliphatic rings. The molecule has 1 amide bonds. The van der Waals surface area contributed by atoms with Crippen molar-refractivity contribution < 1.29 is 9.53 Å². The number of morpholine rings is 1. The molecule has 1 fully saturated rings. The number of rotatable bonds is 7. The standard InChI is InChI=1S/C17H29N3O2S/c1-13(2)17(15-6-5-9-23-15)18-16(21)12-20-7-8-22-14(11-20)10-19(3)4/h5-6,9,13-14,17H,7-8,10-12H2,1-4H3,(H,18,21)/t14-,17-/m1/s1. The molecule has 2 rings (SSSR count). The van der Waals surface area contributed by atoms with Crippen LogP contribution in [0.4, 0.5) is 0 Å². The molecule has 0 aliphatic carbocycles. The lowest BCUT2D eigenvalue weighted by Crippen LogP contribution is -2.50. The fourth-order valence-corrected chi connectivity index (χ4v) is 3.85. The van der Waals surface area contributed by atoms with E-state index in [1.54, 1.807) is 11.3 Å². The van der Waals surface area contributed by atoms with Gasteiger partial charge in [-0.1, -0.05) is 19.9 Å². The minimum Gasteiger partial charge on any atom is -0.374 e. The van der Waals surface area contributed by atoms with E-state index in [9.17, 15) is 4.79 Å². The van der Waals surface area contributed by atoms with Gasteiger partial charge in [0.2, 0.25) is 5.91 Å². The summed E-state index contributed by atoms with van der Waals surface area (Å²) < 4.78 is 5.77. The van der Waals surface area contributed by atoms with Crippen molar-refractivity contribution in [3.8, 4) is 0 Å². The molecule has 1 saturated heterocycles. The van der Waals surface area contributed by atoms with E-state index in [1.807, 2.05) is 20.2 Å². The van der Waals surface area contributed by atoms with Gasteiger partial charge in [0.15, 0.2) is 0 Å². The van der Waals surface area contributed by atoms with Crippen LogP contribution in [-0.2, 0) is 9.53 Å². The van der Waals surface area contributed by atoms with E-state index in [0.29, 0.717) is 19.1 Å². The number of nitrogens with one attached hydrogen (secondary N) is 1. The van der Waals surface area contributed by atoms with Crippen molar-refractivity contribution in [1.29, 1.82) is 0 Å². The Bertz CT molecular complexity index is 476. The molecule has 0 radical (unpaired) electrons. The van der Waals surface area contributed by atoms with Crippen LogP contribution >= 0.6 is 11.3 Å². The molecule has 5 nitrogen and oxygen atoms in total. The number of carbonyl (C=O) groups is 1. The predicted molar refractivity (Wildman–Crippen MR) is 94.8 cm³/mol. The lowest BCUT2D eigenvalue weighted by Gasteiger charge is -2.34. The monoisotopic (exact) mass is 339 g/mol. The Balaban J connectivity index is 1.85. The van der Waals surface area contributed by atoms with E-state index in [0.717, 1.165) is 19.6 Å². The molecule has 0 unspecified atom stereocenters. The first-order valence-corrected chi connectivity index (χ1v) is 9.15. The second-order valence-electron chi connectivity index (χ2n) is 6.79. The minimum atomic E-state index is 0.0983. The molecule has 0 spiro atoms. The SMILES string of the molecule is CC(C)[C@@H](NC(=O)CN1CCO[C@H](CN(C)C)C1)c1cccs1. The van der Waals surface area contributed by atoms with Crippen LogP contribution in [0.25, 0.3) is 0 Å². The number of likely N-dealkylation sites (N-methyl/N-ethyl adjacent to an activating group) is 1. The lowest BCUT2D eigenvalue weighted by molar-refractivity contribution is -0.125. The molecule has 0 bridgehead atoms. The van der Waals surface area contributed by atoms with Gasteiger partial charge in [0, 0.05) is 24.5 Å². The van der Waals surface area contributed by atoms with Crippen LogP contribution < -0.4 is 5.32 Å². The highest BCUT2D eigenvalue weighted by molar-refractivity contribution is 7.10. The van der Waals surface area contributed by atoms with Gasteiger partial charge in [0.25, 0.3) is 0 Å². The van der Waals surface area contributed by atoms with Crippen LogP contribution in [-0.4, -0.2) is 68.7 Å². The van der Waals surface area contributed by atoms with E-state index in [1.165, 1.54) is 4.88 Å². The third-order valence-corrected chi connectivity index (χ3v) is 4.95. The van der Waals surface area contributed by atoms with Crippen LogP contribution in [0, 0.1) is 5.92 Å². The van der Waals surface area contributed by atoms with Crippen LogP contribution in [0.1, 0.15) is 24.8 Å². The topological polar surface area (TPSA) is 44.8 Å². The Kier molecular flexibility index (Phi) is 7.02. The van der Waals surface area contributed by atoms with Crippen molar-refractivity contribution in [2.45, 2.75) is 26.0 Å². The van der Waals surface area contributed by atoms with Gasteiger partial charge in [0.1, 0.15) is 0 Å². The number of amides is 1. The summed E-state index contributed by atoms with van der Waals surface area (Å²) in [5.74, 6) is 0.478. The summed E-state index contributed by atoms with van der Waals surface area (Å²) in [7, 11) is 4.09. The van der Waals surface area contributed by atoms with Crippen molar-refractivity contribution in [3.05, 3.63) is 22.4 Å². The smallest absolute Gasteiger partial charge is 0.234 e. The maximum Gasteiger partial charge on any atom is 0.234 e. The molecule has 2 heterocycles. The van der Waals surface area contributed by atoms with Gasteiger partial charge in [0.05, 0.1) is 25.3 Å². The minimum absolute atomic E-state index is 0.0983. The number of hydrogen-bond acceptors (Lipinski definition) is 5. The number of nitrogens with zero attached hydrogens (tertiary/aromatic N) is 2. The molecule has 130 valence electrons. The maximum absolute atomic E-state index is 12.5. The van der Waals surface area contributed by atoms with E-state index >= 15 is 0 Å². The van der Waals surface area contributed by atoms with Gasteiger partial charge in [-0.25, -0.2) is 0 Å². The fraction of sp³-hybridized carbons (Fsp3) is 0.706. The Labute approximate surface area is 143 Å². The molecule has 1 aromatic rings. The predicted octanol–water partition coefficient (Wildman–Crippen LogP) is 1.82. The second-order valence-corrected chi connectivity index (χ2v) is 7.77. The van der Waals surface area contributed by atoms with Crippen LogP contribution in [0.5, 0.6) is 0 Å². The van der Waals surface area contributed by atoms with Crippen molar-refractivity contribution in [3.63, 3.8) is 0 Å². The first kappa shape index (κ1) is 18.4. The number of carbonyl (C=O) groups excluding carboxylic acids is 1. The van der Waals surface area contributed by atoms with Gasteiger partial charge in [-0.05, 0) is 31.5 Å². The molecule has 1 aromatic heterocycles. The number of ether oxygens (including phenoxy) is 1. The number of hydrogen-bond donors (Lipinski definition) is 1. The number of thiophene rings is 1. The highest BCUT2D eigenvalue weighted by Gasteiger charge is 2.24. The molecule has 6 heteroatoms. The van der Waals surface area contributed by atoms with Crippen LogP contribution in [0.15, 0.2) is 17.5 Å².